The van der Waals surface area contributed by atoms with Gasteiger partial charge in [-0.1, -0.05) is 17.7 Å². The molecule has 0 aromatic heterocycles. The maximum Gasteiger partial charge on any atom is 0.161 e. The molecule has 3 rings (SSSR count). The lowest BCUT2D eigenvalue weighted by molar-refractivity contribution is 0.171. The lowest BCUT2D eigenvalue weighted by Gasteiger charge is -2.19. The van der Waals surface area contributed by atoms with Crippen LogP contribution >= 0.6 is 24.0 Å². The van der Waals surface area contributed by atoms with Crippen LogP contribution in [-0.4, -0.2) is 13.2 Å². The molecule has 3 nitrogen and oxygen atoms in total. The Hall–Kier alpha value is -1.42. The highest BCUT2D eigenvalue weighted by Crippen LogP contribution is 2.35. The third-order valence-electron chi connectivity index (χ3n) is 3.07. The summed E-state index contributed by atoms with van der Waals surface area (Å²) < 4.78 is 11.1. The van der Waals surface area contributed by atoms with Gasteiger partial charge in [0.05, 0.1) is 0 Å². The van der Waals surface area contributed by atoms with Crippen LogP contribution in [0.5, 0.6) is 11.5 Å². The van der Waals surface area contributed by atoms with Crippen molar-refractivity contribution in [2.75, 3.05) is 13.2 Å². The Morgan fingerprint density at radius 3 is 2.45 bits per heavy atom. The maximum absolute atomic E-state index is 6.11. The quantitative estimate of drug-likeness (QED) is 0.920. The summed E-state index contributed by atoms with van der Waals surface area (Å²) in [6, 6.07) is 11.7. The zero-order valence-electron chi connectivity index (χ0n) is 10.8. The second-order valence-electron chi connectivity index (χ2n) is 4.41. The number of rotatable bonds is 2. The number of ether oxygens (including phenoxy) is 2. The van der Waals surface area contributed by atoms with Crippen LogP contribution in [0.4, 0.5) is 0 Å². The van der Waals surface area contributed by atoms with Crippen LogP contribution in [0, 0.1) is 0 Å². The standard InChI is InChI=1S/C15H14ClNO2.ClH/c16-13-6-10(9-17)5-12(7-13)11-1-2-14-15(8-11)19-4-3-18-14;/h1-2,5-8H,3-4,9,17H2;1H. The highest BCUT2D eigenvalue weighted by atomic mass is 35.5. The molecule has 0 saturated heterocycles. The van der Waals surface area contributed by atoms with E-state index in [4.69, 9.17) is 26.8 Å². The van der Waals surface area contributed by atoms with Gasteiger partial charge < -0.3 is 15.2 Å². The summed E-state index contributed by atoms with van der Waals surface area (Å²) in [6.45, 7) is 1.65. The first-order chi connectivity index (χ1) is 9.26. The predicted molar refractivity (Wildman–Crippen MR) is 83.0 cm³/mol. The zero-order chi connectivity index (χ0) is 13.2. The fourth-order valence-electron chi connectivity index (χ4n) is 2.16. The van der Waals surface area contributed by atoms with Gasteiger partial charge in [0.25, 0.3) is 0 Å². The van der Waals surface area contributed by atoms with Crippen LogP contribution in [0.3, 0.4) is 0 Å². The zero-order valence-corrected chi connectivity index (χ0v) is 12.3. The summed E-state index contributed by atoms with van der Waals surface area (Å²) >= 11 is 6.11. The minimum atomic E-state index is 0. The van der Waals surface area contributed by atoms with E-state index >= 15 is 0 Å². The molecule has 1 heterocycles. The third kappa shape index (κ3) is 3.01. The van der Waals surface area contributed by atoms with Crippen molar-refractivity contribution >= 4 is 24.0 Å². The molecule has 0 spiro atoms. The van der Waals surface area contributed by atoms with Crippen molar-refractivity contribution < 1.29 is 9.47 Å². The molecular weight excluding hydrogens is 297 g/mol. The Kier molecular flexibility index (Phi) is 4.76. The lowest BCUT2D eigenvalue weighted by Crippen LogP contribution is -2.15. The van der Waals surface area contributed by atoms with Crippen molar-refractivity contribution in [3.05, 3.63) is 47.0 Å². The van der Waals surface area contributed by atoms with Crippen LogP contribution in [0.2, 0.25) is 5.02 Å². The Balaban J connectivity index is 0.00000147. The van der Waals surface area contributed by atoms with Gasteiger partial charge in [0, 0.05) is 11.6 Å². The van der Waals surface area contributed by atoms with Gasteiger partial charge in [0.2, 0.25) is 0 Å². The average Bonchev–Trinajstić information content (AvgIpc) is 2.46. The molecule has 0 aliphatic carbocycles. The molecule has 106 valence electrons. The van der Waals surface area contributed by atoms with Crippen LogP contribution in [-0.2, 0) is 6.54 Å². The molecule has 0 radical (unpaired) electrons. The normalized spacial score (nSPS) is 12.7. The number of nitrogens with two attached hydrogens (primary N) is 1. The fraction of sp³-hybridized carbons (Fsp3) is 0.200. The van der Waals surface area contributed by atoms with E-state index in [1.54, 1.807) is 0 Å². The topological polar surface area (TPSA) is 44.5 Å². The first kappa shape index (κ1) is 15.0. The molecule has 2 aromatic rings. The second-order valence-corrected chi connectivity index (χ2v) is 4.85. The largest absolute Gasteiger partial charge is 0.486 e. The highest BCUT2D eigenvalue weighted by molar-refractivity contribution is 6.31. The fourth-order valence-corrected chi connectivity index (χ4v) is 2.42. The van der Waals surface area contributed by atoms with E-state index in [0.717, 1.165) is 28.2 Å². The van der Waals surface area contributed by atoms with Crippen molar-refractivity contribution in [3.63, 3.8) is 0 Å². The van der Waals surface area contributed by atoms with Crippen LogP contribution in [0.1, 0.15) is 5.56 Å². The minimum Gasteiger partial charge on any atom is -0.486 e. The summed E-state index contributed by atoms with van der Waals surface area (Å²) in [5.74, 6) is 1.56. The van der Waals surface area contributed by atoms with Crippen molar-refractivity contribution in [1.29, 1.82) is 0 Å². The number of hydrogen-bond acceptors (Lipinski definition) is 3. The van der Waals surface area contributed by atoms with Gasteiger partial charge in [-0.25, -0.2) is 0 Å². The van der Waals surface area contributed by atoms with Gasteiger partial charge in [-0.05, 0) is 47.0 Å². The number of fused-ring (bicyclic) bond motifs is 1. The highest BCUT2D eigenvalue weighted by Gasteiger charge is 2.12. The molecule has 20 heavy (non-hydrogen) atoms. The molecule has 0 fully saturated rings. The summed E-state index contributed by atoms with van der Waals surface area (Å²) in [5, 5.41) is 0.688. The van der Waals surface area contributed by atoms with Gasteiger partial charge >= 0.3 is 0 Å². The average molecular weight is 312 g/mol. The van der Waals surface area contributed by atoms with Gasteiger partial charge in [-0.3, -0.25) is 0 Å². The summed E-state index contributed by atoms with van der Waals surface area (Å²) in [7, 11) is 0. The Morgan fingerprint density at radius 1 is 0.950 bits per heavy atom. The third-order valence-corrected chi connectivity index (χ3v) is 3.29. The van der Waals surface area contributed by atoms with Crippen LogP contribution in [0.15, 0.2) is 36.4 Å². The van der Waals surface area contributed by atoms with Gasteiger partial charge in [-0.2, -0.15) is 0 Å². The van der Waals surface area contributed by atoms with Crippen molar-refractivity contribution in [3.8, 4) is 22.6 Å². The molecular formula is C15H15Cl2NO2. The number of benzene rings is 2. The monoisotopic (exact) mass is 311 g/mol. The first-order valence-corrected chi connectivity index (χ1v) is 6.53. The molecule has 2 N–H and O–H groups in total. The van der Waals surface area contributed by atoms with Gasteiger partial charge in [-0.15, -0.1) is 12.4 Å². The molecule has 0 amide bonds. The smallest absolute Gasteiger partial charge is 0.161 e. The van der Waals surface area contributed by atoms with E-state index in [2.05, 4.69) is 0 Å². The molecule has 0 saturated carbocycles. The van der Waals surface area contributed by atoms with E-state index in [1.807, 2.05) is 36.4 Å². The second kappa shape index (κ2) is 6.35. The first-order valence-electron chi connectivity index (χ1n) is 6.16. The Morgan fingerprint density at radius 2 is 1.70 bits per heavy atom. The van der Waals surface area contributed by atoms with E-state index in [1.165, 1.54) is 0 Å². The SMILES string of the molecule is Cl.NCc1cc(Cl)cc(-c2ccc3c(c2)OCCO3)c1. The summed E-state index contributed by atoms with van der Waals surface area (Å²) in [5.41, 5.74) is 8.76. The van der Waals surface area contributed by atoms with Gasteiger partial charge in [0.1, 0.15) is 13.2 Å². The van der Waals surface area contributed by atoms with Gasteiger partial charge in [0.15, 0.2) is 11.5 Å². The molecule has 2 aromatic carbocycles. The maximum atomic E-state index is 6.11. The molecule has 1 aliphatic heterocycles. The van der Waals surface area contributed by atoms with Crippen molar-refractivity contribution in [1.82, 2.24) is 0 Å². The van der Waals surface area contributed by atoms with E-state index in [0.29, 0.717) is 24.8 Å². The van der Waals surface area contributed by atoms with E-state index in [-0.39, 0.29) is 12.4 Å². The molecule has 0 unspecified atom stereocenters. The van der Waals surface area contributed by atoms with Crippen LogP contribution in [0.25, 0.3) is 11.1 Å². The molecule has 0 atom stereocenters. The molecule has 1 aliphatic rings. The number of halogens is 2. The summed E-state index contributed by atoms with van der Waals surface area (Å²) in [4.78, 5) is 0. The van der Waals surface area contributed by atoms with Crippen molar-refractivity contribution in [2.24, 2.45) is 5.73 Å². The van der Waals surface area contributed by atoms with Crippen molar-refractivity contribution in [2.45, 2.75) is 6.54 Å². The molecule has 0 bridgehead atoms. The predicted octanol–water partition coefficient (Wildman–Crippen LogP) is 3.66. The van der Waals surface area contributed by atoms with E-state index < -0.39 is 0 Å². The van der Waals surface area contributed by atoms with E-state index in [9.17, 15) is 0 Å². The lowest BCUT2D eigenvalue weighted by atomic mass is 10.0. The molecule has 5 heteroatoms. The summed E-state index contributed by atoms with van der Waals surface area (Å²) in [6.07, 6.45) is 0. The Bertz CT molecular complexity index is 617. The van der Waals surface area contributed by atoms with Crippen LogP contribution < -0.4 is 15.2 Å². The minimum absolute atomic E-state index is 0. The number of hydrogen-bond donors (Lipinski definition) is 1. The Labute approximate surface area is 129 Å².